The number of halogens is 1. The van der Waals surface area contributed by atoms with Crippen LogP contribution in [0.2, 0.25) is 0 Å². The number of piperazine rings is 1. The van der Waals surface area contributed by atoms with Gasteiger partial charge in [0.1, 0.15) is 11.3 Å². The predicted molar refractivity (Wildman–Crippen MR) is 95.3 cm³/mol. The van der Waals surface area contributed by atoms with Crippen molar-refractivity contribution in [3.8, 4) is 0 Å². The Morgan fingerprint density at radius 1 is 1.18 bits per heavy atom. The van der Waals surface area contributed by atoms with Crippen molar-refractivity contribution < 1.29 is 0 Å². The Hall–Kier alpha value is -0.980. The minimum absolute atomic E-state index is 0.935. The first-order valence-corrected chi connectivity index (χ1v) is 8.97. The van der Waals surface area contributed by atoms with Gasteiger partial charge in [-0.15, -0.1) is 0 Å². The van der Waals surface area contributed by atoms with Crippen LogP contribution in [0.15, 0.2) is 16.7 Å². The summed E-state index contributed by atoms with van der Waals surface area (Å²) in [5.41, 5.74) is 1.99. The first-order valence-electron chi connectivity index (χ1n) is 8.18. The smallest absolute Gasteiger partial charge is 0.160 e. The lowest BCUT2D eigenvalue weighted by Crippen LogP contribution is -2.39. The molecule has 122 valence electrons. The lowest BCUT2D eigenvalue weighted by molar-refractivity contribution is 0.534. The number of fused-ring (bicyclic) bond motifs is 1. The number of nitrogens with one attached hydrogen (secondary N) is 2. The third-order valence-corrected chi connectivity index (χ3v) is 4.09. The van der Waals surface area contributed by atoms with Gasteiger partial charge in [0.25, 0.3) is 0 Å². The van der Waals surface area contributed by atoms with E-state index in [0.29, 0.717) is 0 Å². The second kappa shape index (κ2) is 9.22. The van der Waals surface area contributed by atoms with Crippen molar-refractivity contribution in [1.82, 2.24) is 25.2 Å². The number of rotatable bonds is 4. The minimum Gasteiger partial charge on any atom is -0.314 e. The maximum absolute atomic E-state index is 4.65. The number of imidazole rings is 1. The molecule has 6 heteroatoms. The summed E-state index contributed by atoms with van der Waals surface area (Å²) in [6, 6.07) is 2.03. The average molecular weight is 368 g/mol. The Balaban J connectivity index is 0.000000246. The summed E-state index contributed by atoms with van der Waals surface area (Å²) >= 11 is 3.43. The molecule has 0 aromatic carbocycles. The van der Waals surface area contributed by atoms with E-state index in [9.17, 15) is 0 Å². The Morgan fingerprint density at radius 3 is 2.41 bits per heavy atom. The third kappa shape index (κ3) is 4.76. The molecule has 0 atom stereocenters. The van der Waals surface area contributed by atoms with Gasteiger partial charge in [-0.1, -0.05) is 13.3 Å². The molecule has 3 heterocycles. The number of pyridine rings is 1. The molecule has 0 spiro atoms. The predicted octanol–water partition coefficient (Wildman–Crippen LogP) is 2.74. The van der Waals surface area contributed by atoms with Crippen LogP contribution in [0.4, 0.5) is 0 Å². The van der Waals surface area contributed by atoms with Crippen molar-refractivity contribution in [3.05, 3.63) is 22.6 Å². The van der Waals surface area contributed by atoms with Crippen molar-refractivity contribution >= 4 is 27.1 Å². The molecule has 0 saturated carbocycles. The van der Waals surface area contributed by atoms with E-state index in [2.05, 4.69) is 54.9 Å². The zero-order valence-corrected chi connectivity index (χ0v) is 15.1. The molecule has 5 nitrogen and oxygen atoms in total. The fourth-order valence-electron chi connectivity index (χ4n) is 2.49. The Bertz CT molecular complexity index is 566. The van der Waals surface area contributed by atoms with Gasteiger partial charge >= 0.3 is 0 Å². The lowest BCUT2D eigenvalue weighted by Gasteiger charge is -2.11. The van der Waals surface area contributed by atoms with Gasteiger partial charge in [-0.3, -0.25) is 0 Å². The number of hydrogen-bond donors (Lipinski definition) is 2. The zero-order valence-electron chi connectivity index (χ0n) is 13.5. The fraction of sp³-hybridized carbons (Fsp3) is 0.625. The van der Waals surface area contributed by atoms with Crippen LogP contribution >= 0.6 is 15.9 Å². The van der Waals surface area contributed by atoms with Gasteiger partial charge in [0.15, 0.2) is 5.65 Å². The van der Waals surface area contributed by atoms with Crippen LogP contribution in [0.3, 0.4) is 0 Å². The second-order valence-corrected chi connectivity index (χ2v) is 6.29. The van der Waals surface area contributed by atoms with Crippen molar-refractivity contribution in [2.75, 3.05) is 26.2 Å². The highest BCUT2D eigenvalue weighted by Gasteiger charge is 2.10. The molecule has 2 aromatic rings. The van der Waals surface area contributed by atoms with Crippen molar-refractivity contribution in [2.45, 2.75) is 39.7 Å². The molecule has 1 aliphatic heterocycles. The molecule has 0 radical (unpaired) electrons. The molecular weight excluding hydrogens is 342 g/mol. The standard InChI is InChI=1S/C12H16BrN3.C4H10N2/c1-3-5-6-11-15-10-7-9(13)8-14-12(10)16(11)4-2;1-2-6-4-3-5-1/h7-8H,3-6H2,1-2H3;5-6H,1-4H2. The first-order chi connectivity index (χ1) is 10.8. The molecule has 2 aromatic heterocycles. The summed E-state index contributed by atoms with van der Waals surface area (Å²) in [6.07, 6.45) is 5.26. The lowest BCUT2D eigenvalue weighted by atomic mass is 10.2. The topological polar surface area (TPSA) is 54.8 Å². The average Bonchev–Trinajstić information content (AvgIpc) is 2.91. The van der Waals surface area contributed by atoms with Gasteiger partial charge in [0.05, 0.1) is 0 Å². The van der Waals surface area contributed by atoms with Gasteiger partial charge in [0.2, 0.25) is 0 Å². The molecule has 1 saturated heterocycles. The number of unbranched alkanes of at least 4 members (excludes halogenated alkanes) is 1. The molecule has 2 N–H and O–H groups in total. The summed E-state index contributed by atoms with van der Waals surface area (Å²) < 4.78 is 3.19. The Kier molecular flexibility index (Phi) is 7.29. The molecule has 1 fully saturated rings. The van der Waals surface area contributed by atoms with Gasteiger partial charge in [0, 0.05) is 49.8 Å². The maximum atomic E-state index is 4.65. The number of aryl methyl sites for hydroxylation is 2. The fourth-order valence-corrected chi connectivity index (χ4v) is 2.81. The zero-order chi connectivity index (χ0) is 15.8. The van der Waals surface area contributed by atoms with Crippen LogP contribution in [0, 0.1) is 0 Å². The minimum atomic E-state index is 0.935. The number of nitrogens with zero attached hydrogens (tertiary/aromatic N) is 3. The van der Waals surface area contributed by atoms with Gasteiger partial charge in [-0.2, -0.15) is 0 Å². The normalized spacial score (nSPS) is 14.7. The molecular formula is C16H26BrN5. The van der Waals surface area contributed by atoms with E-state index in [1.807, 2.05) is 12.3 Å². The van der Waals surface area contributed by atoms with Crippen LogP contribution in [0.25, 0.3) is 11.2 Å². The largest absolute Gasteiger partial charge is 0.314 e. The molecule has 1 aliphatic rings. The van der Waals surface area contributed by atoms with Gasteiger partial charge in [-0.05, 0) is 35.3 Å². The monoisotopic (exact) mass is 367 g/mol. The highest BCUT2D eigenvalue weighted by atomic mass is 79.9. The molecule has 3 rings (SSSR count). The molecule has 0 unspecified atom stereocenters. The third-order valence-electron chi connectivity index (χ3n) is 3.66. The van der Waals surface area contributed by atoms with Crippen LogP contribution in [0.5, 0.6) is 0 Å². The van der Waals surface area contributed by atoms with Gasteiger partial charge < -0.3 is 15.2 Å². The molecule has 0 amide bonds. The van der Waals surface area contributed by atoms with Crippen LogP contribution in [-0.4, -0.2) is 40.7 Å². The molecule has 22 heavy (non-hydrogen) atoms. The quantitative estimate of drug-likeness (QED) is 0.872. The number of hydrogen-bond acceptors (Lipinski definition) is 4. The van der Waals surface area contributed by atoms with E-state index in [1.54, 1.807) is 0 Å². The van der Waals surface area contributed by atoms with Crippen LogP contribution in [-0.2, 0) is 13.0 Å². The van der Waals surface area contributed by atoms with Crippen molar-refractivity contribution in [2.24, 2.45) is 0 Å². The Morgan fingerprint density at radius 2 is 1.86 bits per heavy atom. The SMILES string of the molecule is C1CNCCN1.CCCCc1nc2cc(Br)cnc2n1CC. The van der Waals surface area contributed by atoms with E-state index in [4.69, 9.17) is 0 Å². The van der Waals surface area contributed by atoms with Crippen LogP contribution in [0.1, 0.15) is 32.5 Å². The van der Waals surface area contributed by atoms with E-state index in [-0.39, 0.29) is 0 Å². The summed E-state index contributed by atoms with van der Waals surface area (Å²) in [4.78, 5) is 9.09. The first kappa shape index (κ1) is 17.4. The molecule has 0 bridgehead atoms. The van der Waals surface area contributed by atoms with Gasteiger partial charge in [-0.25, -0.2) is 9.97 Å². The van der Waals surface area contributed by atoms with Crippen molar-refractivity contribution in [1.29, 1.82) is 0 Å². The summed E-state index contributed by atoms with van der Waals surface area (Å²) in [6.45, 7) is 9.83. The van der Waals surface area contributed by atoms with Crippen LogP contribution < -0.4 is 10.6 Å². The van der Waals surface area contributed by atoms with E-state index in [1.165, 1.54) is 12.8 Å². The van der Waals surface area contributed by atoms with E-state index >= 15 is 0 Å². The highest BCUT2D eigenvalue weighted by Crippen LogP contribution is 2.19. The Labute approximate surface area is 141 Å². The summed E-state index contributed by atoms with van der Waals surface area (Å²) in [7, 11) is 0. The second-order valence-electron chi connectivity index (χ2n) is 5.37. The van der Waals surface area contributed by atoms with Crippen molar-refractivity contribution in [3.63, 3.8) is 0 Å². The highest BCUT2D eigenvalue weighted by molar-refractivity contribution is 9.10. The maximum Gasteiger partial charge on any atom is 0.160 e. The van der Waals surface area contributed by atoms with E-state index < -0.39 is 0 Å². The summed E-state index contributed by atoms with van der Waals surface area (Å²) in [5, 5.41) is 6.44. The van der Waals surface area contributed by atoms with E-state index in [0.717, 1.165) is 60.6 Å². The molecule has 0 aliphatic carbocycles. The summed E-state index contributed by atoms with van der Waals surface area (Å²) in [5.74, 6) is 1.16. The number of aromatic nitrogens is 3.